The summed E-state index contributed by atoms with van der Waals surface area (Å²) in [5.41, 5.74) is 2.97. The van der Waals surface area contributed by atoms with E-state index < -0.39 is 0 Å². The van der Waals surface area contributed by atoms with Crippen molar-refractivity contribution in [3.8, 4) is 0 Å². The number of halogens is 1. The van der Waals surface area contributed by atoms with Crippen LogP contribution in [0.15, 0.2) is 52.1 Å². The minimum absolute atomic E-state index is 0. The Kier molecular flexibility index (Phi) is 9.26. The van der Waals surface area contributed by atoms with Crippen molar-refractivity contribution in [2.24, 2.45) is 4.99 Å². The van der Waals surface area contributed by atoms with E-state index in [1.807, 2.05) is 12.1 Å². The van der Waals surface area contributed by atoms with Crippen LogP contribution in [-0.2, 0) is 19.3 Å². The van der Waals surface area contributed by atoms with Crippen LogP contribution in [0, 0.1) is 0 Å². The minimum atomic E-state index is 0. The molecule has 1 aliphatic carbocycles. The predicted molar refractivity (Wildman–Crippen MR) is 138 cm³/mol. The van der Waals surface area contributed by atoms with E-state index in [0.717, 1.165) is 57.0 Å². The molecule has 1 aliphatic heterocycles. The summed E-state index contributed by atoms with van der Waals surface area (Å²) in [6, 6.07) is 14.4. The van der Waals surface area contributed by atoms with Gasteiger partial charge in [0.2, 0.25) is 0 Å². The molecule has 2 aliphatic rings. The van der Waals surface area contributed by atoms with Crippen molar-refractivity contribution in [2.45, 2.75) is 70.5 Å². The molecule has 0 saturated carbocycles. The van der Waals surface area contributed by atoms with E-state index in [1.54, 1.807) is 6.26 Å². The molecule has 4 rings (SSSR count). The molecule has 1 aromatic carbocycles. The molecule has 0 amide bonds. The number of guanidine groups is 1. The standard InChI is InChI=1S/C25H36N4O.HI/c1-19(2)29-15-12-22(13-16-29)27-25(26-14-11-24-8-5-17-30-24)28-23-10-9-20-6-3-4-7-21(20)18-23;/h3-8,17,19,22-23H,9-16,18H2,1-2H3,(H2,26,27,28);1H. The summed E-state index contributed by atoms with van der Waals surface area (Å²) < 4.78 is 5.47. The lowest BCUT2D eigenvalue weighted by molar-refractivity contribution is 0.167. The first-order valence-corrected chi connectivity index (χ1v) is 11.6. The first kappa shape index (κ1) is 24.1. The zero-order chi connectivity index (χ0) is 20.8. The SMILES string of the molecule is CC(C)N1CCC(NC(=NCCc2ccco2)NC2CCc3ccccc3C2)CC1.I. The molecule has 0 radical (unpaired) electrons. The molecule has 2 aromatic rings. The molecule has 2 heterocycles. The Morgan fingerprint density at radius 3 is 2.48 bits per heavy atom. The molecule has 0 bridgehead atoms. The number of piperidine rings is 1. The van der Waals surface area contributed by atoms with Gasteiger partial charge in [0, 0.05) is 44.2 Å². The van der Waals surface area contributed by atoms with Crippen molar-refractivity contribution >= 4 is 29.9 Å². The number of aryl methyl sites for hydroxylation is 1. The highest BCUT2D eigenvalue weighted by molar-refractivity contribution is 14.0. The van der Waals surface area contributed by atoms with E-state index in [2.05, 4.69) is 53.6 Å². The van der Waals surface area contributed by atoms with E-state index in [4.69, 9.17) is 9.41 Å². The smallest absolute Gasteiger partial charge is 0.191 e. The van der Waals surface area contributed by atoms with Gasteiger partial charge in [0.1, 0.15) is 5.76 Å². The molecule has 2 N–H and O–H groups in total. The molecule has 1 unspecified atom stereocenters. The summed E-state index contributed by atoms with van der Waals surface area (Å²) in [6.07, 6.45) is 8.27. The molecule has 0 spiro atoms. The second kappa shape index (κ2) is 11.9. The monoisotopic (exact) mass is 536 g/mol. The highest BCUT2D eigenvalue weighted by Gasteiger charge is 2.23. The van der Waals surface area contributed by atoms with Crippen LogP contribution in [0.1, 0.15) is 50.0 Å². The van der Waals surface area contributed by atoms with Gasteiger partial charge >= 0.3 is 0 Å². The maximum Gasteiger partial charge on any atom is 0.191 e. The van der Waals surface area contributed by atoms with Crippen LogP contribution >= 0.6 is 24.0 Å². The van der Waals surface area contributed by atoms with Gasteiger partial charge < -0.3 is 20.0 Å². The highest BCUT2D eigenvalue weighted by Crippen LogP contribution is 2.21. The van der Waals surface area contributed by atoms with Gasteiger partial charge in [-0.3, -0.25) is 4.99 Å². The number of hydrogen-bond acceptors (Lipinski definition) is 3. The Bertz CT molecular complexity index is 813. The van der Waals surface area contributed by atoms with Gasteiger partial charge in [0.05, 0.1) is 6.26 Å². The molecule has 1 fully saturated rings. The lowest BCUT2D eigenvalue weighted by Crippen LogP contribution is -2.52. The second-order valence-electron chi connectivity index (χ2n) is 8.96. The molecular formula is C25H37IN4O. The van der Waals surface area contributed by atoms with Gasteiger partial charge in [-0.05, 0) is 69.2 Å². The van der Waals surface area contributed by atoms with Crippen LogP contribution in [-0.4, -0.2) is 48.6 Å². The predicted octanol–water partition coefficient (Wildman–Crippen LogP) is 4.41. The number of benzene rings is 1. The third kappa shape index (κ3) is 6.97. The van der Waals surface area contributed by atoms with Crippen molar-refractivity contribution in [3.05, 3.63) is 59.5 Å². The van der Waals surface area contributed by atoms with Gasteiger partial charge in [-0.25, -0.2) is 0 Å². The van der Waals surface area contributed by atoms with Gasteiger partial charge in [0.15, 0.2) is 5.96 Å². The van der Waals surface area contributed by atoms with Crippen molar-refractivity contribution in [1.82, 2.24) is 15.5 Å². The summed E-state index contributed by atoms with van der Waals surface area (Å²) in [5.74, 6) is 1.96. The highest BCUT2D eigenvalue weighted by atomic mass is 127. The molecule has 31 heavy (non-hydrogen) atoms. The Labute approximate surface area is 204 Å². The van der Waals surface area contributed by atoms with Gasteiger partial charge in [-0.2, -0.15) is 0 Å². The number of rotatable bonds is 6. The van der Waals surface area contributed by atoms with E-state index >= 15 is 0 Å². The number of nitrogens with one attached hydrogen (secondary N) is 2. The Morgan fingerprint density at radius 1 is 1.03 bits per heavy atom. The Morgan fingerprint density at radius 2 is 1.77 bits per heavy atom. The zero-order valence-electron chi connectivity index (χ0n) is 18.8. The zero-order valence-corrected chi connectivity index (χ0v) is 21.2. The molecular weight excluding hydrogens is 499 g/mol. The quantitative estimate of drug-likeness (QED) is 0.327. The number of likely N-dealkylation sites (tertiary alicyclic amines) is 1. The fraction of sp³-hybridized carbons (Fsp3) is 0.560. The maximum absolute atomic E-state index is 5.47. The largest absolute Gasteiger partial charge is 0.469 e. The van der Waals surface area contributed by atoms with E-state index in [-0.39, 0.29) is 24.0 Å². The van der Waals surface area contributed by atoms with Crippen LogP contribution < -0.4 is 10.6 Å². The number of furan rings is 1. The molecule has 1 saturated heterocycles. The average Bonchev–Trinajstić information content (AvgIpc) is 3.27. The van der Waals surface area contributed by atoms with Crippen LogP contribution in [0.25, 0.3) is 0 Å². The number of fused-ring (bicyclic) bond motifs is 1. The first-order chi connectivity index (χ1) is 14.7. The third-order valence-corrected chi connectivity index (χ3v) is 6.50. The molecule has 170 valence electrons. The molecule has 1 aromatic heterocycles. The summed E-state index contributed by atoms with van der Waals surface area (Å²) in [5, 5.41) is 7.50. The fourth-order valence-electron chi connectivity index (χ4n) is 4.63. The summed E-state index contributed by atoms with van der Waals surface area (Å²) in [4.78, 5) is 7.48. The van der Waals surface area contributed by atoms with E-state index in [9.17, 15) is 0 Å². The molecule has 5 nitrogen and oxygen atoms in total. The molecule has 6 heteroatoms. The van der Waals surface area contributed by atoms with Gasteiger partial charge in [-0.15, -0.1) is 24.0 Å². The Balaban J connectivity index is 0.00000272. The summed E-state index contributed by atoms with van der Waals surface area (Å²) >= 11 is 0. The van der Waals surface area contributed by atoms with Crippen molar-refractivity contribution < 1.29 is 4.42 Å². The fourth-order valence-corrected chi connectivity index (χ4v) is 4.63. The maximum atomic E-state index is 5.47. The number of aliphatic imine (C=N–C) groups is 1. The average molecular weight is 537 g/mol. The van der Waals surface area contributed by atoms with Crippen LogP contribution in [0.4, 0.5) is 0 Å². The number of nitrogens with zero attached hydrogens (tertiary/aromatic N) is 2. The van der Waals surface area contributed by atoms with Crippen molar-refractivity contribution in [2.75, 3.05) is 19.6 Å². The normalized spacial score (nSPS) is 20.2. The summed E-state index contributed by atoms with van der Waals surface area (Å²) in [7, 11) is 0. The number of hydrogen-bond donors (Lipinski definition) is 2. The lowest BCUT2D eigenvalue weighted by Gasteiger charge is -2.36. The second-order valence-corrected chi connectivity index (χ2v) is 8.96. The minimum Gasteiger partial charge on any atom is -0.469 e. The van der Waals surface area contributed by atoms with Crippen molar-refractivity contribution in [3.63, 3.8) is 0 Å². The topological polar surface area (TPSA) is 52.8 Å². The lowest BCUT2D eigenvalue weighted by atomic mass is 9.88. The summed E-state index contributed by atoms with van der Waals surface area (Å²) in [6.45, 7) is 7.63. The Hall–Kier alpha value is -1.54. The van der Waals surface area contributed by atoms with Gasteiger partial charge in [0.25, 0.3) is 0 Å². The van der Waals surface area contributed by atoms with Crippen LogP contribution in [0.5, 0.6) is 0 Å². The van der Waals surface area contributed by atoms with Crippen LogP contribution in [0.2, 0.25) is 0 Å². The van der Waals surface area contributed by atoms with Gasteiger partial charge in [-0.1, -0.05) is 24.3 Å². The van der Waals surface area contributed by atoms with E-state index in [1.165, 1.54) is 24.0 Å². The first-order valence-electron chi connectivity index (χ1n) is 11.6. The third-order valence-electron chi connectivity index (χ3n) is 6.50. The van der Waals surface area contributed by atoms with Crippen molar-refractivity contribution in [1.29, 1.82) is 0 Å². The van der Waals surface area contributed by atoms with E-state index in [0.29, 0.717) is 18.1 Å². The van der Waals surface area contributed by atoms with Crippen LogP contribution in [0.3, 0.4) is 0 Å². The molecule has 1 atom stereocenters.